The summed E-state index contributed by atoms with van der Waals surface area (Å²) in [6.45, 7) is 1.79. The molecular formula is C17H17F2N5O. The van der Waals surface area contributed by atoms with Gasteiger partial charge >= 0.3 is 0 Å². The molecule has 1 aromatic carbocycles. The van der Waals surface area contributed by atoms with Gasteiger partial charge in [-0.15, -0.1) is 0 Å². The molecule has 130 valence electrons. The highest BCUT2D eigenvalue weighted by molar-refractivity contribution is 5.64. The number of hydrogen-bond donors (Lipinski definition) is 1. The van der Waals surface area contributed by atoms with Crippen LogP contribution in [0.4, 0.5) is 14.6 Å². The molecule has 0 spiro atoms. The average Bonchev–Trinajstić information content (AvgIpc) is 3.14. The van der Waals surface area contributed by atoms with Crippen molar-refractivity contribution in [1.29, 1.82) is 0 Å². The first-order chi connectivity index (χ1) is 12.0. The van der Waals surface area contributed by atoms with Crippen LogP contribution in [0.1, 0.15) is 30.7 Å². The number of para-hydroxylation sites is 1. The molecule has 0 atom stereocenters. The largest absolute Gasteiger partial charge is 0.383 e. The topological polar surface area (TPSA) is 82.8 Å². The minimum absolute atomic E-state index is 0.0176. The third-order valence-electron chi connectivity index (χ3n) is 4.90. The van der Waals surface area contributed by atoms with Crippen molar-refractivity contribution in [3.63, 3.8) is 0 Å². The fraction of sp³-hybridized carbons (Fsp3) is 0.353. The number of nitrogens with zero attached hydrogens (tertiary/aromatic N) is 4. The van der Waals surface area contributed by atoms with Gasteiger partial charge in [0.1, 0.15) is 16.9 Å². The second kappa shape index (κ2) is 5.65. The summed E-state index contributed by atoms with van der Waals surface area (Å²) in [5.74, 6) is 0.608. The van der Waals surface area contributed by atoms with E-state index in [1.54, 1.807) is 11.6 Å². The molecule has 2 aromatic heterocycles. The maximum Gasteiger partial charge on any atom is 0.252 e. The van der Waals surface area contributed by atoms with E-state index in [0.29, 0.717) is 29.9 Å². The van der Waals surface area contributed by atoms with E-state index >= 15 is 0 Å². The van der Waals surface area contributed by atoms with E-state index < -0.39 is 11.8 Å². The van der Waals surface area contributed by atoms with Crippen LogP contribution in [0.15, 0.2) is 34.9 Å². The minimum atomic E-state index is -2.53. The summed E-state index contributed by atoms with van der Waals surface area (Å²) in [5.41, 5.74) is 6.73. The molecule has 6 nitrogen and oxygen atoms in total. The van der Waals surface area contributed by atoms with Crippen molar-refractivity contribution >= 4 is 5.82 Å². The van der Waals surface area contributed by atoms with E-state index in [1.165, 1.54) is 0 Å². The zero-order valence-corrected chi connectivity index (χ0v) is 13.6. The van der Waals surface area contributed by atoms with Crippen molar-refractivity contribution in [3.05, 3.63) is 41.8 Å². The van der Waals surface area contributed by atoms with Gasteiger partial charge in [0.25, 0.3) is 6.43 Å². The van der Waals surface area contributed by atoms with Crippen LogP contribution < -0.4 is 5.73 Å². The van der Waals surface area contributed by atoms with E-state index in [9.17, 15) is 8.78 Å². The van der Waals surface area contributed by atoms with Crippen LogP contribution in [0.2, 0.25) is 0 Å². The predicted octanol–water partition coefficient (Wildman–Crippen LogP) is 3.50. The number of aromatic nitrogens is 4. The highest BCUT2D eigenvalue weighted by Crippen LogP contribution is 2.47. The van der Waals surface area contributed by atoms with Crippen molar-refractivity contribution in [2.45, 2.75) is 38.0 Å². The molecule has 0 amide bonds. The quantitative estimate of drug-likeness (QED) is 0.782. The molecule has 25 heavy (non-hydrogen) atoms. The third kappa shape index (κ3) is 2.32. The lowest BCUT2D eigenvalue weighted by Gasteiger charge is -2.37. The van der Waals surface area contributed by atoms with E-state index in [0.717, 1.165) is 12.1 Å². The molecule has 2 heterocycles. The van der Waals surface area contributed by atoms with Gasteiger partial charge in [-0.05, 0) is 31.9 Å². The number of nitrogens with two attached hydrogens (primary N) is 1. The number of benzene rings is 1. The Hall–Kier alpha value is -2.77. The molecule has 1 fully saturated rings. The van der Waals surface area contributed by atoms with Crippen LogP contribution >= 0.6 is 0 Å². The summed E-state index contributed by atoms with van der Waals surface area (Å²) < 4.78 is 33.6. The molecule has 1 aliphatic carbocycles. The molecule has 0 bridgehead atoms. The number of rotatable bonds is 4. The summed E-state index contributed by atoms with van der Waals surface area (Å²) in [5, 5.41) is 8.33. The average molecular weight is 345 g/mol. The summed E-state index contributed by atoms with van der Waals surface area (Å²) >= 11 is 0. The molecule has 0 saturated heterocycles. The summed E-state index contributed by atoms with van der Waals surface area (Å²) in [6.07, 6.45) is -1.09. The monoisotopic (exact) mass is 345 g/mol. The number of nitrogen functional groups attached to an aromatic ring is 1. The fourth-order valence-corrected chi connectivity index (χ4v) is 3.09. The van der Waals surface area contributed by atoms with Crippen LogP contribution in [-0.4, -0.2) is 26.3 Å². The van der Waals surface area contributed by atoms with Crippen molar-refractivity contribution in [2.75, 3.05) is 5.73 Å². The molecular weight excluding hydrogens is 328 g/mol. The van der Waals surface area contributed by atoms with E-state index in [-0.39, 0.29) is 11.7 Å². The van der Waals surface area contributed by atoms with Gasteiger partial charge in [-0.25, -0.2) is 13.5 Å². The van der Waals surface area contributed by atoms with Crippen LogP contribution in [0.5, 0.6) is 0 Å². The molecule has 0 unspecified atom stereocenters. The SMILES string of the molecule is Cc1c(-c2noc(C3(C(F)F)CCC3)n2)nn(-c2ccccc2)c1N. The molecule has 3 aromatic rings. The van der Waals surface area contributed by atoms with Crippen LogP contribution in [-0.2, 0) is 5.41 Å². The van der Waals surface area contributed by atoms with Crippen LogP contribution in [0, 0.1) is 6.92 Å². The zero-order chi connectivity index (χ0) is 17.6. The lowest BCUT2D eigenvalue weighted by Crippen LogP contribution is -2.41. The van der Waals surface area contributed by atoms with Gasteiger partial charge in [-0.1, -0.05) is 29.8 Å². The lowest BCUT2D eigenvalue weighted by atomic mass is 9.69. The molecule has 2 N–H and O–H groups in total. The van der Waals surface area contributed by atoms with Gasteiger partial charge in [-0.2, -0.15) is 10.1 Å². The van der Waals surface area contributed by atoms with Crippen molar-refractivity contribution < 1.29 is 13.3 Å². The Labute approximate surface area is 142 Å². The first-order valence-corrected chi connectivity index (χ1v) is 8.06. The molecule has 1 aliphatic rings. The Balaban J connectivity index is 1.74. The first-order valence-electron chi connectivity index (χ1n) is 8.06. The number of hydrogen-bond acceptors (Lipinski definition) is 5. The molecule has 4 rings (SSSR count). The maximum atomic E-state index is 13.4. The molecule has 1 saturated carbocycles. The highest BCUT2D eigenvalue weighted by atomic mass is 19.3. The fourth-order valence-electron chi connectivity index (χ4n) is 3.09. The molecule has 8 heteroatoms. The second-order valence-corrected chi connectivity index (χ2v) is 6.34. The number of anilines is 1. The van der Waals surface area contributed by atoms with Gasteiger partial charge in [0.05, 0.1) is 5.69 Å². The van der Waals surface area contributed by atoms with Gasteiger partial charge in [0.15, 0.2) is 0 Å². The molecule has 0 aliphatic heterocycles. The second-order valence-electron chi connectivity index (χ2n) is 6.34. The lowest BCUT2D eigenvalue weighted by molar-refractivity contribution is -0.0186. The minimum Gasteiger partial charge on any atom is -0.383 e. The van der Waals surface area contributed by atoms with Crippen LogP contribution in [0.3, 0.4) is 0 Å². The smallest absolute Gasteiger partial charge is 0.252 e. The number of alkyl halides is 2. The Morgan fingerprint density at radius 1 is 1.24 bits per heavy atom. The highest BCUT2D eigenvalue weighted by Gasteiger charge is 2.51. The Morgan fingerprint density at radius 2 is 1.96 bits per heavy atom. The number of halogens is 2. The van der Waals surface area contributed by atoms with E-state index in [4.69, 9.17) is 10.3 Å². The van der Waals surface area contributed by atoms with E-state index in [2.05, 4.69) is 15.2 Å². The van der Waals surface area contributed by atoms with Crippen molar-refractivity contribution in [2.24, 2.45) is 0 Å². The Morgan fingerprint density at radius 3 is 2.56 bits per heavy atom. The molecule has 0 radical (unpaired) electrons. The summed E-state index contributed by atoms with van der Waals surface area (Å²) in [7, 11) is 0. The summed E-state index contributed by atoms with van der Waals surface area (Å²) in [6, 6.07) is 9.38. The van der Waals surface area contributed by atoms with Crippen molar-refractivity contribution in [3.8, 4) is 17.2 Å². The zero-order valence-electron chi connectivity index (χ0n) is 13.6. The van der Waals surface area contributed by atoms with Gasteiger partial charge in [0.2, 0.25) is 11.7 Å². The van der Waals surface area contributed by atoms with E-state index in [1.807, 2.05) is 30.3 Å². The van der Waals surface area contributed by atoms with Gasteiger partial charge < -0.3 is 10.3 Å². The Bertz CT molecular complexity index is 899. The van der Waals surface area contributed by atoms with Gasteiger partial charge in [-0.3, -0.25) is 0 Å². The Kier molecular flexibility index (Phi) is 3.55. The maximum absolute atomic E-state index is 13.4. The third-order valence-corrected chi connectivity index (χ3v) is 4.90. The van der Waals surface area contributed by atoms with Gasteiger partial charge in [0, 0.05) is 5.56 Å². The van der Waals surface area contributed by atoms with Crippen molar-refractivity contribution in [1.82, 2.24) is 19.9 Å². The normalized spacial score (nSPS) is 16.2. The first kappa shape index (κ1) is 15.7. The standard InChI is InChI=1S/C17H17F2N5O/c1-10-12(22-24(13(10)20)11-6-3-2-4-7-11)14-21-16(25-23-14)17(15(18)19)8-5-9-17/h2-4,6-7,15H,5,8-9,20H2,1H3. The summed E-state index contributed by atoms with van der Waals surface area (Å²) in [4.78, 5) is 4.22. The predicted molar refractivity (Wildman–Crippen MR) is 87.5 cm³/mol. The van der Waals surface area contributed by atoms with Crippen LogP contribution in [0.25, 0.3) is 17.2 Å².